The van der Waals surface area contributed by atoms with Crippen molar-refractivity contribution in [3.8, 4) is 0 Å². The number of amides is 3. The first-order chi connectivity index (χ1) is 17.3. The minimum atomic E-state index is -1.27. The summed E-state index contributed by atoms with van der Waals surface area (Å²) in [6, 6.07) is 6.43. The van der Waals surface area contributed by atoms with E-state index in [-0.39, 0.29) is 43.2 Å². The lowest BCUT2D eigenvalue weighted by molar-refractivity contribution is -0.150. The highest BCUT2D eigenvalue weighted by atomic mass is 32.2. The van der Waals surface area contributed by atoms with Crippen LogP contribution in [0.4, 0.5) is 0 Å². The number of rotatable bonds is 11. The minimum absolute atomic E-state index is 0.0145. The number of tetrazole rings is 1. The summed E-state index contributed by atoms with van der Waals surface area (Å²) in [6.45, 7) is 0.284. The van der Waals surface area contributed by atoms with Gasteiger partial charge in [0.05, 0.1) is 6.42 Å². The minimum Gasteiger partial charge on any atom is -0.477 e. The monoisotopic (exact) mass is 532 g/mol. The van der Waals surface area contributed by atoms with Gasteiger partial charge in [0.1, 0.15) is 17.1 Å². The van der Waals surface area contributed by atoms with Crippen LogP contribution in [0.3, 0.4) is 0 Å². The fourth-order valence-corrected chi connectivity index (χ4v) is 6.68. The SMILES string of the molecule is NCc1ccccc1CC(=O)NC1C(=O)N2C(C(=O)O)=C(C(CCC(N)=O)Sc3nnn[nH]3)CS[C@@H]12. The van der Waals surface area contributed by atoms with E-state index < -0.39 is 34.4 Å². The average molecular weight is 533 g/mol. The molecule has 1 fully saturated rings. The fraction of sp³-hybridized carbons (Fsp3) is 0.381. The van der Waals surface area contributed by atoms with Crippen LogP contribution in [0.2, 0.25) is 0 Å². The van der Waals surface area contributed by atoms with E-state index >= 15 is 0 Å². The maximum absolute atomic E-state index is 13.0. The van der Waals surface area contributed by atoms with E-state index in [1.54, 1.807) is 6.07 Å². The maximum Gasteiger partial charge on any atom is 0.352 e. The van der Waals surface area contributed by atoms with E-state index in [0.717, 1.165) is 22.9 Å². The van der Waals surface area contributed by atoms with Crippen molar-refractivity contribution in [2.45, 2.75) is 47.6 Å². The lowest BCUT2D eigenvalue weighted by Gasteiger charge is -2.50. The number of thioether (sulfide) groups is 2. The number of nitrogens with two attached hydrogens (primary N) is 2. The van der Waals surface area contributed by atoms with Gasteiger partial charge in [-0.15, -0.1) is 16.9 Å². The van der Waals surface area contributed by atoms with Gasteiger partial charge in [0.15, 0.2) is 0 Å². The lowest BCUT2D eigenvalue weighted by Crippen LogP contribution is -2.70. The van der Waals surface area contributed by atoms with Gasteiger partial charge in [-0.3, -0.25) is 19.3 Å². The smallest absolute Gasteiger partial charge is 0.352 e. The molecule has 0 bridgehead atoms. The number of aromatic amines is 1. The third kappa shape index (κ3) is 5.37. The Bertz CT molecular complexity index is 1200. The number of nitrogens with one attached hydrogen (secondary N) is 2. The molecule has 7 N–H and O–H groups in total. The van der Waals surface area contributed by atoms with Crippen LogP contribution in [0.25, 0.3) is 0 Å². The van der Waals surface area contributed by atoms with E-state index in [0.29, 0.717) is 10.7 Å². The van der Waals surface area contributed by atoms with Gasteiger partial charge in [-0.25, -0.2) is 9.89 Å². The molecule has 0 aliphatic carbocycles. The second-order valence-corrected chi connectivity index (χ2v) is 10.4. The molecular formula is C21H24N8O5S2. The van der Waals surface area contributed by atoms with Gasteiger partial charge in [-0.1, -0.05) is 36.0 Å². The van der Waals surface area contributed by atoms with Gasteiger partial charge in [0, 0.05) is 24.0 Å². The molecule has 0 radical (unpaired) electrons. The van der Waals surface area contributed by atoms with E-state index in [9.17, 15) is 24.3 Å². The van der Waals surface area contributed by atoms with Crippen LogP contribution in [0.5, 0.6) is 0 Å². The van der Waals surface area contributed by atoms with Crippen molar-refractivity contribution in [2.24, 2.45) is 11.5 Å². The number of fused-ring (bicyclic) bond motifs is 1. The molecule has 3 atom stereocenters. The summed E-state index contributed by atoms with van der Waals surface area (Å²) in [7, 11) is 0. The molecule has 2 aromatic rings. The van der Waals surface area contributed by atoms with Crippen molar-refractivity contribution in [1.82, 2.24) is 30.8 Å². The number of hydrogen-bond acceptors (Lipinski definition) is 10. The third-order valence-electron chi connectivity index (χ3n) is 5.83. The van der Waals surface area contributed by atoms with Crippen LogP contribution >= 0.6 is 23.5 Å². The zero-order valence-electron chi connectivity index (χ0n) is 18.9. The Morgan fingerprint density at radius 3 is 2.69 bits per heavy atom. The first kappa shape index (κ1) is 25.7. The average Bonchev–Trinajstić information content (AvgIpc) is 3.37. The van der Waals surface area contributed by atoms with E-state index in [4.69, 9.17) is 11.5 Å². The molecule has 2 aliphatic heterocycles. The molecule has 1 aromatic carbocycles. The molecular weight excluding hydrogens is 508 g/mol. The van der Waals surface area contributed by atoms with Crippen LogP contribution in [0, 0.1) is 0 Å². The first-order valence-corrected chi connectivity index (χ1v) is 12.9. The second-order valence-electron chi connectivity index (χ2n) is 8.10. The molecule has 3 heterocycles. The number of nitrogens with zero attached hydrogens (tertiary/aromatic N) is 4. The number of hydrogen-bond donors (Lipinski definition) is 5. The van der Waals surface area contributed by atoms with Gasteiger partial charge >= 0.3 is 5.97 Å². The van der Waals surface area contributed by atoms with Crippen LogP contribution in [-0.2, 0) is 32.1 Å². The van der Waals surface area contributed by atoms with Gasteiger partial charge in [0.2, 0.25) is 17.0 Å². The Morgan fingerprint density at radius 1 is 1.31 bits per heavy atom. The number of primary amides is 1. The predicted molar refractivity (Wildman–Crippen MR) is 130 cm³/mol. The number of carbonyl (C=O) groups is 4. The summed E-state index contributed by atoms with van der Waals surface area (Å²) < 4.78 is 0. The van der Waals surface area contributed by atoms with Gasteiger partial charge in [0.25, 0.3) is 5.91 Å². The van der Waals surface area contributed by atoms with Crippen molar-refractivity contribution < 1.29 is 24.3 Å². The zero-order valence-corrected chi connectivity index (χ0v) is 20.6. The number of β-lactam (4-membered cyclic amide) rings is 1. The van der Waals surface area contributed by atoms with E-state index in [1.807, 2.05) is 18.2 Å². The lowest BCUT2D eigenvalue weighted by atomic mass is 9.99. The summed E-state index contributed by atoms with van der Waals surface area (Å²) in [4.78, 5) is 50.6. The van der Waals surface area contributed by atoms with Crippen molar-refractivity contribution in [1.29, 1.82) is 0 Å². The highest BCUT2D eigenvalue weighted by molar-refractivity contribution is 8.01. The fourth-order valence-electron chi connectivity index (χ4n) is 4.13. The Balaban J connectivity index is 1.52. The molecule has 36 heavy (non-hydrogen) atoms. The Kier molecular flexibility index (Phi) is 7.91. The Hall–Kier alpha value is -3.43. The number of aliphatic carboxylic acids is 1. The standard InChI is InChI=1S/C21H24N8O5S2/c22-8-11-4-2-1-3-10(11)7-15(31)24-16-18(32)29-17(20(33)34)12(9-35-19(16)29)13(5-6-14(23)30)36-21-25-27-28-26-21/h1-4,13,16,19H,5-9,22H2,(H2,23,30)(H,24,31)(H,33,34)(H,25,26,27,28)/t13?,16?,19-/m0/s1. The number of benzene rings is 1. The molecule has 0 saturated carbocycles. The topological polar surface area (TPSA) is 210 Å². The number of H-pyrrole nitrogens is 1. The highest BCUT2D eigenvalue weighted by Crippen LogP contribution is 2.44. The van der Waals surface area contributed by atoms with Crippen LogP contribution in [0.15, 0.2) is 40.7 Å². The number of carbonyl (C=O) groups excluding carboxylic acids is 3. The zero-order chi connectivity index (χ0) is 25.8. The van der Waals surface area contributed by atoms with Crippen molar-refractivity contribution >= 4 is 47.2 Å². The third-order valence-corrected chi connectivity index (χ3v) is 8.33. The van der Waals surface area contributed by atoms with Gasteiger partial charge < -0.3 is 21.9 Å². The summed E-state index contributed by atoms with van der Waals surface area (Å²) in [5, 5.41) is 25.5. The van der Waals surface area contributed by atoms with E-state index in [1.165, 1.54) is 16.7 Å². The van der Waals surface area contributed by atoms with E-state index in [2.05, 4.69) is 25.9 Å². The van der Waals surface area contributed by atoms with Crippen LogP contribution < -0.4 is 16.8 Å². The largest absolute Gasteiger partial charge is 0.477 e. The summed E-state index contributed by atoms with van der Waals surface area (Å²) >= 11 is 2.50. The molecule has 3 amide bonds. The van der Waals surface area contributed by atoms with Crippen LogP contribution in [0.1, 0.15) is 24.0 Å². The van der Waals surface area contributed by atoms with Crippen molar-refractivity contribution in [2.75, 3.05) is 5.75 Å². The normalized spacial score (nSPS) is 19.9. The molecule has 13 nitrogen and oxygen atoms in total. The molecule has 15 heteroatoms. The maximum atomic E-state index is 13.0. The molecule has 1 aromatic heterocycles. The molecule has 2 unspecified atom stereocenters. The molecule has 1 saturated heterocycles. The Labute approximate surface area is 213 Å². The molecule has 190 valence electrons. The van der Waals surface area contributed by atoms with Gasteiger partial charge in [-0.05, 0) is 33.5 Å². The molecule has 0 spiro atoms. The summed E-state index contributed by atoms with van der Waals surface area (Å²) in [5.74, 6) is -2.40. The summed E-state index contributed by atoms with van der Waals surface area (Å²) in [6.07, 6.45) is 0.305. The predicted octanol–water partition coefficient (Wildman–Crippen LogP) is -0.634. The van der Waals surface area contributed by atoms with Crippen molar-refractivity contribution in [3.63, 3.8) is 0 Å². The Morgan fingerprint density at radius 2 is 2.06 bits per heavy atom. The quantitative estimate of drug-likeness (QED) is 0.181. The first-order valence-electron chi connectivity index (χ1n) is 11.0. The summed E-state index contributed by atoms with van der Waals surface area (Å²) in [5.41, 5.74) is 13.0. The highest BCUT2D eigenvalue weighted by Gasteiger charge is 2.54. The second kappa shape index (κ2) is 11.1. The van der Waals surface area contributed by atoms with Gasteiger partial charge in [-0.2, -0.15) is 0 Å². The molecule has 2 aliphatic rings. The number of carboxylic acid groups (broad SMARTS) is 1. The molecule has 4 rings (SSSR count). The van der Waals surface area contributed by atoms with Crippen molar-refractivity contribution in [3.05, 3.63) is 46.7 Å². The number of carboxylic acids is 1. The number of aromatic nitrogens is 4. The van der Waals surface area contributed by atoms with Crippen LogP contribution in [-0.4, -0.2) is 76.7 Å².